The van der Waals surface area contributed by atoms with E-state index in [0.717, 1.165) is 11.1 Å². The van der Waals surface area contributed by atoms with Crippen LogP contribution in [-0.4, -0.2) is 48.9 Å². The summed E-state index contributed by atoms with van der Waals surface area (Å²) in [5.74, 6) is -0.664. The summed E-state index contributed by atoms with van der Waals surface area (Å²) in [6.07, 6.45) is 0.465. The molecule has 0 saturated carbocycles. The summed E-state index contributed by atoms with van der Waals surface area (Å²) >= 11 is 0. The third-order valence-electron chi connectivity index (χ3n) is 6.29. The van der Waals surface area contributed by atoms with E-state index in [1.165, 1.54) is 36.3 Å². The van der Waals surface area contributed by atoms with Gasteiger partial charge in [0.05, 0.1) is 13.7 Å². The maximum Gasteiger partial charge on any atom is 0.328 e. The first-order valence-corrected chi connectivity index (χ1v) is 11.6. The van der Waals surface area contributed by atoms with Crippen LogP contribution in [0.2, 0.25) is 0 Å². The molecule has 1 aliphatic rings. The number of nitrogens with zero attached hydrogens (tertiary/aromatic N) is 1. The minimum atomic E-state index is -0.702. The van der Waals surface area contributed by atoms with E-state index >= 15 is 0 Å². The third-order valence-corrected chi connectivity index (χ3v) is 6.29. The number of rotatable bonds is 7. The molecule has 0 radical (unpaired) electrons. The van der Waals surface area contributed by atoms with Crippen molar-refractivity contribution in [3.05, 3.63) is 95.3 Å². The summed E-state index contributed by atoms with van der Waals surface area (Å²) in [6.45, 7) is 2.12. The van der Waals surface area contributed by atoms with E-state index in [0.29, 0.717) is 30.0 Å². The van der Waals surface area contributed by atoms with E-state index in [4.69, 9.17) is 9.47 Å². The Labute approximate surface area is 208 Å². The van der Waals surface area contributed by atoms with E-state index in [1.807, 2.05) is 31.2 Å². The van der Waals surface area contributed by atoms with Crippen molar-refractivity contribution in [3.8, 4) is 11.5 Å². The van der Waals surface area contributed by atoms with E-state index in [2.05, 4.69) is 5.32 Å². The molecule has 1 N–H and O–H groups in total. The Kier molecular flexibility index (Phi) is 7.63. The fourth-order valence-electron chi connectivity index (χ4n) is 4.41. The van der Waals surface area contributed by atoms with E-state index in [-0.39, 0.29) is 24.2 Å². The molecule has 1 aliphatic heterocycles. The van der Waals surface area contributed by atoms with Gasteiger partial charge in [0.1, 0.15) is 23.4 Å². The zero-order valence-electron chi connectivity index (χ0n) is 20.1. The summed E-state index contributed by atoms with van der Waals surface area (Å²) in [6, 6.07) is 19.2. The molecule has 2 atom stereocenters. The Hall–Kier alpha value is -4.20. The molecule has 1 heterocycles. The molecular formula is C28H27FN2O5. The first-order chi connectivity index (χ1) is 17.4. The van der Waals surface area contributed by atoms with E-state index in [1.54, 1.807) is 24.3 Å². The van der Waals surface area contributed by atoms with Crippen molar-refractivity contribution in [2.24, 2.45) is 0 Å². The summed E-state index contributed by atoms with van der Waals surface area (Å²) in [4.78, 5) is 39.5. The summed E-state index contributed by atoms with van der Waals surface area (Å²) in [5.41, 5.74) is 2.53. The SMILES string of the molecule is COC(=O)[C@@H]1C[C@@H](c2ccccc2C)CN1C(=O)CNC(=O)c1ccc(Oc2ccc(F)cc2)cc1. The number of carbonyl (C=O) groups excluding carboxylic acids is 3. The number of halogens is 1. The Morgan fingerprint density at radius 1 is 0.972 bits per heavy atom. The Balaban J connectivity index is 1.37. The molecule has 36 heavy (non-hydrogen) atoms. The summed E-state index contributed by atoms with van der Waals surface area (Å²) < 4.78 is 23.6. The lowest BCUT2D eigenvalue weighted by Crippen LogP contribution is -2.46. The van der Waals surface area contributed by atoms with Crippen LogP contribution in [0.25, 0.3) is 0 Å². The number of benzene rings is 3. The maximum absolute atomic E-state index is 13.0. The molecule has 0 aromatic heterocycles. The Morgan fingerprint density at radius 2 is 1.61 bits per heavy atom. The van der Waals surface area contributed by atoms with Crippen molar-refractivity contribution in [3.63, 3.8) is 0 Å². The van der Waals surface area contributed by atoms with Crippen LogP contribution in [0, 0.1) is 12.7 Å². The van der Waals surface area contributed by atoms with Crippen molar-refractivity contribution >= 4 is 17.8 Å². The second-order valence-electron chi connectivity index (χ2n) is 8.64. The Bertz CT molecular complexity index is 1240. The topological polar surface area (TPSA) is 84.9 Å². The van der Waals surface area contributed by atoms with Gasteiger partial charge in [-0.3, -0.25) is 9.59 Å². The predicted molar refractivity (Wildman–Crippen MR) is 131 cm³/mol. The van der Waals surface area contributed by atoms with Gasteiger partial charge in [0.25, 0.3) is 5.91 Å². The number of likely N-dealkylation sites (tertiary alicyclic amines) is 1. The van der Waals surface area contributed by atoms with Gasteiger partial charge in [0.15, 0.2) is 0 Å². The fraction of sp³-hybridized carbons (Fsp3) is 0.250. The number of amides is 2. The van der Waals surface area contributed by atoms with Gasteiger partial charge in [-0.1, -0.05) is 24.3 Å². The van der Waals surface area contributed by atoms with Crippen LogP contribution >= 0.6 is 0 Å². The van der Waals surface area contributed by atoms with Crippen molar-refractivity contribution in [2.75, 3.05) is 20.2 Å². The average Bonchev–Trinajstić information content (AvgIpc) is 3.34. The van der Waals surface area contributed by atoms with E-state index in [9.17, 15) is 18.8 Å². The first-order valence-electron chi connectivity index (χ1n) is 11.6. The normalized spacial score (nSPS) is 16.9. The zero-order chi connectivity index (χ0) is 25.7. The number of carbonyl (C=O) groups is 3. The number of nitrogens with one attached hydrogen (secondary N) is 1. The highest BCUT2D eigenvalue weighted by molar-refractivity contribution is 5.97. The first kappa shape index (κ1) is 24.9. The molecule has 3 aromatic carbocycles. The molecule has 4 rings (SSSR count). The van der Waals surface area contributed by atoms with Crippen LogP contribution in [-0.2, 0) is 14.3 Å². The number of aryl methyl sites for hydroxylation is 1. The fourth-order valence-corrected chi connectivity index (χ4v) is 4.41. The number of esters is 1. The van der Waals surface area contributed by atoms with Gasteiger partial charge in [0.2, 0.25) is 5.91 Å². The highest BCUT2D eigenvalue weighted by Crippen LogP contribution is 2.34. The molecule has 1 saturated heterocycles. The summed E-state index contributed by atoms with van der Waals surface area (Å²) in [7, 11) is 1.30. The number of hydrogen-bond acceptors (Lipinski definition) is 5. The minimum Gasteiger partial charge on any atom is -0.467 e. The van der Waals surface area contributed by atoms with Crippen LogP contribution in [0.1, 0.15) is 33.8 Å². The van der Waals surface area contributed by atoms with Crippen LogP contribution in [0.15, 0.2) is 72.8 Å². The molecule has 0 aliphatic carbocycles. The lowest BCUT2D eigenvalue weighted by molar-refractivity contribution is -0.150. The minimum absolute atomic E-state index is 0.00334. The predicted octanol–water partition coefficient (Wildman–Crippen LogP) is 4.21. The van der Waals surface area contributed by atoms with Crippen molar-refractivity contribution in [2.45, 2.75) is 25.3 Å². The largest absolute Gasteiger partial charge is 0.467 e. The second kappa shape index (κ2) is 11.0. The highest BCUT2D eigenvalue weighted by Gasteiger charge is 2.41. The van der Waals surface area contributed by atoms with Gasteiger partial charge < -0.3 is 19.7 Å². The van der Waals surface area contributed by atoms with Gasteiger partial charge in [-0.15, -0.1) is 0 Å². The van der Waals surface area contributed by atoms with Gasteiger partial charge in [-0.25, -0.2) is 9.18 Å². The molecule has 0 spiro atoms. The lowest BCUT2D eigenvalue weighted by atomic mass is 9.93. The molecule has 8 heteroatoms. The van der Waals surface area contributed by atoms with E-state index < -0.39 is 17.9 Å². The van der Waals surface area contributed by atoms with Crippen molar-refractivity contribution in [1.29, 1.82) is 0 Å². The molecule has 1 fully saturated rings. The summed E-state index contributed by atoms with van der Waals surface area (Å²) in [5, 5.41) is 2.63. The smallest absolute Gasteiger partial charge is 0.328 e. The standard InChI is InChI=1S/C28H27FN2O5/c1-18-5-3-4-6-24(18)20-15-25(28(34)35-2)31(17-20)26(32)16-30-27(33)19-7-11-22(12-8-19)36-23-13-9-21(29)10-14-23/h3-14,20,25H,15-17H2,1-2H3,(H,30,33)/t20-,25+/m1/s1. The Morgan fingerprint density at radius 3 is 2.25 bits per heavy atom. The van der Waals surface area contributed by atoms with Gasteiger partial charge >= 0.3 is 5.97 Å². The van der Waals surface area contributed by atoms with Gasteiger partial charge in [-0.05, 0) is 73.0 Å². The van der Waals surface area contributed by atoms with Gasteiger partial charge in [0, 0.05) is 18.0 Å². The second-order valence-corrected chi connectivity index (χ2v) is 8.64. The van der Waals surface area contributed by atoms with Crippen LogP contribution < -0.4 is 10.1 Å². The van der Waals surface area contributed by atoms with Crippen molar-refractivity contribution in [1.82, 2.24) is 10.2 Å². The number of ether oxygens (including phenoxy) is 2. The lowest BCUT2D eigenvalue weighted by Gasteiger charge is -2.23. The van der Waals surface area contributed by atoms with Gasteiger partial charge in [-0.2, -0.15) is 0 Å². The van der Waals surface area contributed by atoms with Crippen LogP contribution in [0.4, 0.5) is 4.39 Å². The quantitative estimate of drug-likeness (QED) is 0.502. The zero-order valence-corrected chi connectivity index (χ0v) is 20.1. The van der Waals surface area contributed by atoms with Crippen molar-refractivity contribution < 1.29 is 28.2 Å². The van der Waals surface area contributed by atoms with Crippen LogP contribution in [0.5, 0.6) is 11.5 Å². The maximum atomic E-state index is 13.0. The number of hydrogen-bond donors (Lipinski definition) is 1. The molecule has 7 nitrogen and oxygen atoms in total. The molecule has 3 aromatic rings. The van der Waals surface area contributed by atoms with Crippen LogP contribution in [0.3, 0.4) is 0 Å². The monoisotopic (exact) mass is 490 g/mol. The molecular weight excluding hydrogens is 463 g/mol. The molecule has 2 amide bonds. The number of methoxy groups -OCH3 is 1. The third kappa shape index (κ3) is 5.71. The molecule has 0 unspecified atom stereocenters. The highest BCUT2D eigenvalue weighted by atomic mass is 19.1. The molecule has 0 bridgehead atoms. The molecule has 186 valence electrons. The average molecular weight is 491 g/mol.